The molecule has 0 radical (unpaired) electrons. The van der Waals surface area contributed by atoms with Gasteiger partial charge in [-0.2, -0.15) is 0 Å². The molecule has 0 fully saturated rings. The Kier molecular flexibility index (Phi) is 6.80. The first kappa shape index (κ1) is 20.5. The maximum absolute atomic E-state index is 12.5. The van der Waals surface area contributed by atoms with Gasteiger partial charge in [-0.25, -0.2) is 4.79 Å². The van der Waals surface area contributed by atoms with E-state index >= 15 is 0 Å². The lowest BCUT2D eigenvalue weighted by Crippen LogP contribution is -2.35. The number of thiocarbonyl (C=S) groups is 1. The summed E-state index contributed by atoms with van der Waals surface area (Å²) in [6.07, 6.45) is 4.26. The molecule has 1 heterocycles. The van der Waals surface area contributed by atoms with Crippen LogP contribution in [0, 0.1) is 6.92 Å². The molecule has 0 bridgehead atoms. The van der Waals surface area contributed by atoms with Gasteiger partial charge in [-0.3, -0.25) is 4.79 Å². The SMILES string of the molecule is CCOC(=O)c1c(NC(=S)NC(=O)Cc2ccccc2C)sc2c1CCCC2. The topological polar surface area (TPSA) is 67.4 Å². The molecule has 28 heavy (non-hydrogen) atoms. The number of fused-ring (bicyclic) bond motifs is 1. The highest BCUT2D eigenvalue weighted by Gasteiger charge is 2.27. The van der Waals surface area contributed by atoms with E-state index in [-0.39, 0.29) is 23.4 Å². The van der Waals surface area contributed by atoms with Crippen molar-refractivity contribution in [3.8, 4) is 0 Å². The summed E-state index contributed by atoms with van der Waals surface area (Å²) in [6, 6.07) is 7.75. The summed E-state index contributed by atoms with van der Waals surface area (Å²) >= 11 is 6.85. The van der Waals surface area contributed by atoms with Crippen molar-refractivity contribution in [2.45, 2.75) is 46.0 Å². The Balaban J connectivity index is 1.71. The third-order valence-corrected chi connectivity index (χ3v) is 6.15. The summed E-state index contributed by atoms with van der Waals surface area (Å²) in [6.45, 7) is 4.09. The van der Waals surface area contributed by atoms with E-state index in [4.69, 9.17) is 17.0 Å². The fourth-order valence-electron chi connectivity index (χ4n) is 3.36. The smallest absolute Gasteiger partial charge is 0.341 e. The molecule has 0 spiro atoms. The highest BCUT2D eigenvalue weighted by molar-refractivity contribution is 7.80. The number of rotatable bonds is 5. The zero-order valence-corrected chi connectivity index (χ0v) is 17.7. The summed E-state index contributed by atoms with van der Waals surface area (Å²) in [5.74, 6) is -0.524. The van der Waals surface area contributed by atoms with Gasteiger partial charge in [0.25, 0.3) is 0 Å². The van der Waals surface area contributed by atoms with Crippen molar-refractivity contribution in [1.82, 2.24) is 5.32 Å². The second kappa shape index (κ2) is 9.30. The van der Waals surface area contributed by atoms with Gasteiger partial charge >= 0.3 is 5.97 Å². The minimum absolute atomic E-state index is 0.189. The third kappa shape index (κ3) is 4.77. The van der Waals surface area contributed by atoms with Gasteiger partial charge in [0, 0.05) is 4.88 Å². The van der Waals surface area contributed by atoms with Gasteiger partial charge in [-0.05, 0) is 68.4 Å². The van der Waals surface area contributed by atoms with Crippen molar-refractivity contribution in [3.63, 3.8) is 0 Å². The number of nitrogens with one attached hydrogen (secondary N) is 2. The molecule has 0 atom stereocenters. The zero-order valence-electron chi connectivity index (χ0n) is 16.1. The number of carbonyl (C=O) groups excluding carboxylic acids is 2. The standard InChI is InChI=1S/C21H24N2O3S2/c1-3-26-20(25)18-15-10-6-7-11-16(15)28-19(18)23-21(27)22-17(24)12-14-9-5-4-8-13(14)2/h4-5,8-9H,3,6-7,10-12H2,1-2H3,(H2,22,23,24,27). The lowest BCUT2D eigenvalue weighted by atomic mass is 9.95. The number of benzene rings is 1. The monoisotopic (exact) mass is 416 g/mol. The van der Waals surface area contributed by atoms with Crippen LogP contribution in [-0.2, 0) is 28.8 Å². The highest BCUT2D eigenvalue weighted by Crippen LogP contribution is 2.38. The summed E-state index contributed by atoms with van der Waals surface area (Å²) in [7, 11) is 0. The molecule has 0 aliphatic heterocycles. The number of carbonyl (C=O) groups is 2. The minimum Gasteiger partial charge on any atom is -0.462 e. The molecule has 0 saturated heterocycles. The maximum Gasteiger partial charge on any atom is 0.341 e. The van der Waals surface area contributed by atoms with E-state index in [1.165, 1.54) is 16.2 Å². The van der Waals surface area contributed by atoms with Crippen LogP contribution >= 0.6 is 23.6 Å². The maximum atomic E-state index is 12.5. The Morgan fingerprint density at radius 3 is 2.71 bits per heavy atom. The van der Waals surface area contributed by atoms with Crippen LogP contribution in [-0.4, -0.2) is 23.6 Å². The molecule has 0 unspecified atom stereocenters. The molecular formula is C21H24N2O3S2. The number of anilines is 1. The number of hydrogen-bond donors (Lipinski definition) is 2. The van der Waals surface area contributed by atoms with Crippen molar-refractivity contribution in [2.24, 2.45) is 0 Å². The van der Waals surface area contributed by atoms with Crippen LogP contribution in [0.5, 0.6) is 0 Å². The molecule has 2 aromatic rings. The van der Waals surface area contributed by atoms with Gasteiger partial charge in [-0.15, -0.1) is 11.3 Å². The van der Waals surface area contributed by atoms with E-state index in [2.05, 4.69) is 10.6 Å². The van der Waals surface area contributed by atoms with Crippen LogP contribution in [0.25, 0.3) is 0 Å². The van der Waals surface area contributed by atoms with E-state index in [1.54, 1.807) is 6.92 Å². The van der Waals surface area contributed by atoms with Crippen LogP contribution in [0.3, 0.4) is 0 Å². The first-order valence-corrected chi connectivity index (χ1v) is 10.7. The number of thiophene rings is 1. The molecule has 1 aromatic carbocycles. The molecule has 2 N–H and O–H groups in total. The average molecular weight is 417 g/mol. The minimum atomic E-state index is -0.335. The van der Waals surface area contributed by atoms with Crippen LogP contribution in [0.15, 0.2) is 24.3 Å². The average Bonchev–Trinajstić information content (AvgIpc) is 3.01. The molecule has 1 aliphatic rings. The molecule has 148 valence electrons. The Bertz CT molecular complexity index is 905. The fraction of sp³-hybridized carbons (Fsp3) is 0.381. The number of aryl methyl sites for hydroxylation is 2. The van der Waals surface area contributed by atoms with E-state index in [0.717, 1.165) is 42.4 Å². The van der Waals surface area contributed by atoms with E-state index in [9.17, 15) is 9.59 Å². The first-order valence-electron chi connectivity index (χ1n) is 9.46. The van der Waals surface area contributed by atoms with E-state index in [1.807, 2.05) is 31.2 Å². The zero-order chi connectivity index (χ0) is 20.1. The molecule has 1 amide bonds. The third-order valence-electron chi connectivity index (χ3n) is 4.74. The van der Waals surface area contributed by atoms with Crippen LogP contribution in [0.4, 0.5) is 5.00 Å². The lowest BCUT2D eigenvalue weighted by molar-refractivity contribution is -0.119. The summed E-state index contributed by atoms with van der Waals surface area (Å²) in [5.41, 5.74) is 3.65. The van der Waals surface area contributed by atoms with Crippen LogP contribution in [0.1, 0.15) is 51.7 Å². The number of esters is 1. The molecule has 5 nitrogen and oxygen atoms in total. The first-order chi connectivity index (χ1) is 13.5. The van der Waals surface area contributed by atoms with Gasteiger partial charge in [0.1, 0.15) is 5.00 Å². The largest absolute Gasteiger partial charge is 0.462 e. The normalized spacial score (nSPS) is 12.8. The molecule has 3 rings (SSSR count). The molecule has 7 heteroatoms. The molecule has 1 aliphatic carbocycles. The summed E-state index contributed by atoms with van der Waals surface area (Å²) in [4.78, 5) is 26.0. The van der Waals surface area contributed by atoms with Crippen LogP contribution in [0.2, 0.25) is 0 Å². The van der Waals surface area contributed by atoms with Gasteiger partial charge in [0.15, 0.2) is 5.11 Å². The van der Waals surface area contributed by atoms with Crippen LogP contribution < -0.4 is 10.6 Å². The molecule has 1 aromatic heterocycles. The van der Waals surface area contributed by atoms with Gasteiger partial charge in [0.2, 0.25) is 5.91 Å². The Labute approximate surface area is 174 Å². The number of hydrogen-bond acceptors (Lipinski definition) is 5. The van der Waals surface area contributed by atoms with Crippen molar-refractivity contribution in [3.05, 3.63) is 51.4 Å². The fourth-order valence-corrected chi connectivity index (χ4v) is 4.92. The van der Waals surface area contributed by atoms with Crippen molar-refractivity contribution in [1.29, 1.82) is 0 Å². The van der Waals surface area contributed by atoms with E-state index in [0.29, 0.717) is 17.2 Å². The lowest BCUT2D eigenvalue weighted by Gasteiger charge is -2.13. The van der Waals surface area contributed by atoms with Gasteiger partial charge < -0.3 is 15.4 Å². The predicted molar refractivity (Wildman–Crippen MR) is 116 cm³/mol. The van der Waals surface area contributed by atoms with E-state index < -0.39 is 0 Å². The Hall–Kier alpha value is -2.25. The van der Waals surface area contributed by atoms with Crippen molar-refractivity contribution >= 4 is 45.5 Å². The quantitative estimate of drug-likeness (QED) is 0.566. The summed E-state index contributed by atoms with van der Waals surface area (Å²) in [5, 5.41) is 6.63. The van der Waals surface area contributed by atoms with Gasteiger partial charge in [-0.1, -0.05) is 24.3 Å². The second-order valence-electron chi connectivity index (χ2n) is 6.74. The molecular weight excluding hydrogens is 392 g/mol. The van der Waals surface area contributed by atoms with Gasteiger partial charge in [0.05, 0.1) is 18.6 Å². The van der Waals surface area contributed by atoms with Crippen molar-refractivity contribution in [2.75, 3.05) is 11.9 Å². The Morgan fingerprint density at radius 2 is 1.96 bits per heavy atom. The number of ether oxygens (including phenoxy) is 1. The number of amides is 1. The Morgan fingerprint density at radius 1 is 1.21 bits per heavy atom. The summed E-state index contributed by atoms with van der Waals surface area (Å²) < 4.78 is 5.24. The second-order valence-corrected chi connectivity index (χ2v) is 8.25. The van der Waals surface area contributed by atoms with Crippen molar-refractivity contribution < 1.29 is 14.3 Å². The highest BCUT2D eigenvalue weighted by atomic mass is 32.1. The predicted octanol–water partition coefficient (Wildman–Crippen LogP) is 4.17. The molecule has 0 saturated carbocycles.